The van der Waals surface area contributed by atoms with Crippen LogP contribution in [0, 0.1) is 23.0 Å². The minimum atomic E-state index is -1.05. The number of nitriles is 1. The quantitative estimate of drug-likeness (QED) is 0.662. The van der Waals surface area contributed by atoms with Gasteiger partial charge in [-0.05, 0) is 17.7 Å². The fourth-order valence-corrected chi connectivity index (χ4v) is 1.73. The Morgan fingerprint density at radius 2 is 1.68 bits per heavy atom. The molecule has 0 amide bonds. The minimum Gasteiger partial charge on any atom is -0.397 e. The molecule has 0 saturated heterocycles. The molecule has 0 atom stereocenters. The number of allylic oxidation sites excluding steroid dienone is 1. The first-order chi connectivity index (χ1) is 9.15. The van der Waals surface area contributed by atoms with Gasteiger partial charge in [0.05, 0.1) is 11.3 Å². The maximum absolute atomic E-state index is 13.7. The second kappa shape index (κ2) is 5.32. The van der Waals surface area contributed by atoms with Crippen LogP contribution in [0.25, 0.3) is 11.3 Å². The van der Waals surface area contributed by atoms with Gasteiger partial charge in [0.2, 0.25) is 0 Å². The van der Waals surface area contributed by atoms with Gasteiger partial charge in [0, 0.05) is 5.56 Å². The Labute approximate surface area is 109 Å². The molecule has 2 N–H and O–H groups in total. The zero-order valence-corrected chi connectivity index (χ0v) is 9.90. The third-order valence-electron chi connectivity index (χ3n) is 2.69. The molecular weight excluding hydrogens is 246 g/mol. The molecule has 2 aromatic rings. The Hall–Kier alpha value is -2.67. The molecule has 0 unspecified atom stereocenters. The van der Waals surface area contributed by atoms with Gasteiger partial charge in [-0.3, -0.25) is 0 Å². The summed E-state index contributed by atoms with van der Waals surface area (Å²) in [4.78, 5) is 0. The third kappa shape index (κ3) is 2.45. The lowest BCUT2D eigenvalue weighted by molar-refractivity contribution is 0.506. The molecule has 0 radical (unpaired) electrons. The van der Waals surface area contributed by atoms with Crippen LogP contribution < -0.4 is 5.73 Å². The van der Waals surface area contributed by atoms with Crippen LogP contribution in [0.1, 0.15) is 11.1 Å². The lowest BCUT2D eigenvalue weighted by atomic mass is 10.0. The maximum Gasteiger partial charge on any atom is 0.168 e. The highest BCUT2D eigenvalue weighted by Crippen LogP contribution is 2.24. The van der Waals surface area contributed by atoms with E-state index in [-0.39, 0.29) is 16.8 Å². The van der Waals surface area contributed by atoms with Crippen molar-refractivity contribution in [1.82, 2.24) is 0 Å². The smallest absolute Gasteiger partial charge is 0.168 e. The molecule has 2 aromatic carbocycles. The van der Waals surface area contributed by atoms with Crippen molar-refractivity contribution in [3.63, 3.8) is 0 Å². The van der Waals surface area contributed by atoms with Gasteiger partial charge in [0.15, 0.2) is 11.6 Å². The topological polar surface area (TPSA) is 49.8 Å². The van der Waals surface area contributed by atoms with E-state index in [0.717, 1.165) is 6.07 Å². The van der Waals surface area contributed by atoms with Gasteiger partial charge in [-0.1, -0.05) is 36.4 Å². The SMILES string of the molecule is N#C/C(=C(/N)c1cccc(F)c1F)c1ccccc1. The van der Waals surface area contributed by atoms with Crippen LogP contribution in [0.2, 0.25) is 0 Å². The number of rotatable bonds is 2. The summed E-state index contributed by atoms with van der Waals surface area (Å²) in [5.41, 5.74) is 6.29. The summed E-state index contributed by atoms with van der Waals surface area (Å²) in [7, 11) is 0. The molecule has 0 fully saturated rings. The number of nitrogens with two attached hydrogens (primary N) is 1. The van der Waals surface area contributed by atoms with E-state index in [2.05, 4.69) is 0 Å². The van der Waals surface area contributed by atoms with Gasteiger partial charge in [0.25, 0.3) is 0 Å². The summed E-state index contributed by atoms with van der Waals surface area (Å²) in [6.45, 7) is 0. The molecule has 0 aliphatic rings. The second-order valence-corrected chi connectivity index (χ2v) is 3.87. The zero-order valence-electron chi connectivity index (χ0n) is 9.90. The van der Waals surface area contributed by atoms with Gasteiger partial charge in [0.1, 0.15) is 6.07 Å². The van der Waals surface area contributed by atoms with Gasteiger partial charge in [-0.15, -0.1) is 0 Å². The summed E-state index contributed by atoms with van der Waals surface area (Å²) in [6.07, 6.45) is 0. The van der Waals surface area contributed by atoms with Gasteiger partial charge >= 0.3 is 0 Å². The first kappa shape index (κ1) is 12.8. The Kier molecular flexibility index (Phi) is 3.58. The summed E-state index contributed by atoms with van der Waals surface area (Å²) in [6, 6.07) is 14.2. The number of benzene rings is 2. The maximum atomic E-state index is 13.7. The van der Waals surface area contributed by atoms with Crippen LogP contribution in [0.4, 0.5) is 8.78 Å². The molecule has 4 heteroatoms. The monoisotopic (exact) mass is 256 g/mol. The predicted molar refractivity (Wildman–Crippen MR) is 69.4 cm³/mol. The molecule has 0 heterocycles. The molecule has 0 aliphatic heterocycles. The molecule has 2 nitrogen and oxygen atoms in total. The van der Waals surface area contributed by atoms with Crippen molar-refractivity contribution in [2.45, 2.75) is 0 Å². The van der Waals surface area contributed by atoms with E-state index in [9.17, 15) is 8.78 Å². The molecule has 0 aromatic heterocycles. The van der Waals surface area contributed by atoms with Crippen LogP contribution in [0.15, 0.2) is 48.5 Å². The van der Waals surface area contributed by atoms with E-state index in [4.69, 9.17) is 11.0 Å². The largest absolute Gasteiger partial charge is 0.397 e. The van der Waals surface area contributed by atoms with Crippen molar-refractivity contribution in [3.8, 4) is 6.07 Å². The van der Waals surface area contributed by atoms with E-state index in [1.165, 1.54) is 12.1 Å². The molecular formula is C15H10F2N2. The number of hydrogen-bond acceptors (Lipinski definition) is 2. The van der Waals surface area contributed by atoms with Crippen molar-refractivity contribution in [2.24, 2.45) is 5.73 Å². The first-order valence-corrected chi connectivity index (χ1v) is 5.54. The fourth-order valence-electron chi connectivity index (χ4n) is 1.73. The van der Waals surface area contributed by atoms with Crippen LogP contribution in [0.3, 0.4) is 0 Å². The minimum absolute atomic E-state index is 0.0781. The highest BCUT2D eigenvalue weighted by Gasteiger charge is 2.14. The van der Waals surface area contributed by atoms with E-state index in [1.54, 1.807) is 30.3 Å². The Bertz CT molecular complexity index is 670. The Morgan fingerprint density at radius 3 is 2.32 bits per heavy atom. The van der Waals surface area contributed by atoms with Crippen molar-refractivity contribution >= 4 is 11.3 Å². The average molecular weight is 256 g/mol. The Morgan fingerprint density at radius 1 is 1.00 bits per heavy atom. The second-order valence-electron chi connectivity index (χ2n) is 3.87. The van der Waals surface area contributed by atoms with Crippen molar-refractivity contribution < 1.29 is 8.78 Å². The number of halogens is 2. The predicted octanol–water partition coefficient (Wildman–Crippen LogP) is 3.32. The van der Waals surface area contributed by atoms with Crippen LogP contribution in [-0.2, 0) is 0 Å². The molecule has 94 valence electrons. The summed E-state index contributed by atoms with van der Waals surface area (Å²) >= 11 is 0. The molecule has 0 bridgehead atoms. The highest BCUT2D eigenvalue weighted by molar-refractivity contribution is 5.96. The molecule has 0 saturated carbocycles. The Balaban J connectivity index is 2.63. The lowest BCUT2D eigenvalue weighted by Crippen LogP contribution is -2.04. The van der Waals surface area contributed by atoms with Crippen LogP contribution in [-0.4, -0.2) is 0 Å². The van der Waals surface area contributed by atoms with Crippen LogP contribution >= 0.6 is 0 Å². The van der Waals surface area contributed by atoms with Crippen molar-refractivity contribution in [1.29, 1.82) is 5.26 Å². The third-order valence-corrected chi connectivity index (χ3v) is 2.69. The van der Waals surface area contributed by atoms with E-state index in [0.29, 0.717) is 5.56 Å². The molecule has 0 spiro atoms. The molecule has 0 aliphatic carbocycles. The number of hydrogen-bond donors (Lipinski definition) is 1. The average Bonchev–Trinajstić information content (AvgIpc) is 2.44. The zero-order chi connectivity index (χ0) is 13.8. The molecule has 2 rings (SSSR count). The molecule has 19 heavy (non-hydrogen) atoms. The highest BCUT2D eigenvalue weighted by atomic mass is 19.2. The van der Waals surface area contributed by atoms with Crippen molar-refractivity contribution in [3.05, 3.63) is 71.3 Å². The van der Waals surface area contributed by atoms with Crippen LogP contribution in [0.5, 0.6) is 0 Å². The van der Waals surface area contributed by atoms with Crippen molar-refractivity contribution in [2.75, 3.05) is 0 Å². The summed E-state index contributed by atoms with van der Waals surface area (Å²) in [5, 5.41) is 9.17. The summed E-state index contributed by atoms with van der Waals surface area (Å²) in [5.74, 6) is -2.05. The van der Waals surface area contributed by atoms with Gasteiger partial charge in [-0.2, -0.15) is 5.26 Å². The first-order valence-electron chi connectivity index (χ1n) is 5.54. The fraction of sp³-hybridized carbons (Fsp3) is 0. The van der Waals surface area contributed by atoms with Gasteiger partial charge < -0.3 is 5.73 Å². The van der Waals surface area contributed by atoms with E-state index in [1.807, 2.05) is 6.07 Å². The van der Waals surface area contributed by atoms with Gasteiger partial charge in [-0.25, -0.2) is 8.78 Å². The lowest BCUT2D eigenvalue weighted by Gasteiger charge is -2.07. The number of nitrogens with zero attached hydrogens (tertiary/aromatic N) is 1. The standard InChI is InChI=1S/C15H10F2N2/c16-13-8-4-7-11(14(13)17)15(19)12(9-18)10-5-2-1-3-6-10/h1-8H,19H2/b15-12-. The normalized spacial score (nSPS) is 11.6. The summed E-state index contributed by atoms with van der Waals surface area (Å²) < 4.78 is 26.8. The van der Waals surface area contributed by atoms with E-state index < -0.39 is 11.6 Å². The van der Waals surface area contributed by atoms with E-state index >= 15 is 0 Å².